The number of benzene rings is 3. The molecular formula is C24H21Cl2NO2. The fourth-order valence-corrected chi connectivity index (χ4v) is 3.90. The van der Waals surface area contributed by atoms with Gasteiger partial charge in [0.05, 0.1) is 0 Å². The number of carbonyl (C=O) groups is 1. The summed E-state index contributed by atoms with van der Waals surface area (Å²) >= 11 is 12.1. The maximum absolute atomic E-state index is 12.4. The Morgan fingerprint density at radius 1 is 0.759 bits per heavy atom. The maximum atomic E-state index is 12.4. The molecule has 4 rings (SSSR count). The molecule has 3 aromatic rings. The first-order valence-electron chi connectivity index (χ1n) is 9.72. The second-order valence-electron chi connectivity index (χ2n) is 7.28. The van der Waals surface area contributed by atoms with E-state index in [1.165, 1.54) is 0 Å². The minimum Gasteiger partial charge on any atom is -0.410 e. The molecule has 0 aromatic heterocycles. The third-order valence-corrected chi connectivity index (χ3v) is 5.65. The lowest BCUT2D eigenvalue weighted by Gasteiger charge is -2.14. The van der Waals surface area contributed by atoms with Gasteiger partial charge in [0.1, 0.15) is 5.75 Å². The average Bonchev–Trinajstić information content (AvgIpc) is 3.21. The summed E-state index contributed by atoms with van der Waals surface area (Å²) in [4.78, 5) is 12.4. The van der Waals surface area contributed by atoms with Crippen LogP contribution in [0.3, 0.4) is 0 Å². The molecule has 1 amide bonds. The van der Waals surface area contributed by atoms with Crippen molar-refractivity contribution >= 4 is 29.3 Å². The molecule has 1 aliphatic carbocycles. The van der Waals surface area contributed by atoms with Crippen molar-refractivity contribution in [3.63, 3.8) is 0 Å². The molecule has 5 heteroatoms. The molecule has 0 atom stereocenters. The SMILES string of the molecule is O=C(NC1CCCC1)Oc1cc(-c2ccc(Cl)cc2)cc(-c2ccc(Cl)cc2)c1. The van der Waals surface area contributed by atoms with Crippen LogP contribution in [0, 0.1) is 0 Å². The molecule has 1 fully saturated rings. The van der Waals surface area contributed by atoms with E-state index in [4.69, 9.17) is 27.9 Å². The fourth-order valence-electron chi connectivity index (χ4n) is 3.65. The molecule has 0 radical (unpaired) electrons. The number of hydrogen-bond donors (Lipinski definition) is 1. The van der Waals surface area contributed by atoms with Crippen molar-refractivity contribution in [2.45, 2.75) is 31.7 Å². The predicted octanol–water partition coefficient (Wildman–Crippen LogP) is 7.36. The fraction of sp³-hybridized carbons (Fsp3) is 0.208. The van der Waals surface area contributed by atoms with Crippen LogP contribution in [-0.2, 0) is 0 Å². The summed E-state index contributed by atoms with van der Waals surface area (Å²) in [5.74, 6) is 0.498. The third-order valence-electron chi connectivity index (χ3n) is 5.15. The van der Waals surface area contributed by atoms with Gasteiger partial charge in [-0.1, -0.05) is 60.3 Å². The number of halogens is 2. The van der Waals surface area contributed by atoms with Crippen LogP contribution >= 0.6 is 23.2 Å². The van der Waals surface area contributed by atoms with Crippen molar-refractivity contribution < 1.29 is 9.53 Å². The molecule has 148 valence electrons. The normalized spacial score (nSPS) is 14.0. The van der Waals surface area contributed by atoms with Gasteiger partial charge in [-0.2, -0.15) is 0 Å². The third kappa shape index (κ3) is 5.11. The second kappa shape index (κ2) is 8.89. The van der Waals surface area contributed by atoms with Crippen LogP contribution in [0.15, 0.2) is 66.7 Å². The quantitative estimate of drug-likeness (QED) is 0.473. The monoisotopic (exact) mass is 425 g/mol. The number of amides is 1. The molecule has 1 aliphatic rings. The number of carbonyl (C=O) groups excluding carboxylic acids is 1. The summed E-state index contributed by atoms with van der Waals surface area (Å²) in [7, 11) is 0. The number of nitrogens with one attached hydrogen (secondary N) is 1. The Morgan fingerprint density at radius 3 is 1.72 bits per heavy atom. The van der Waals surface area contributed by atoms with Gasteiger partial charge in [0.25, 0.3) is 0 Å². The molecule has 0 aliphatic heterocycles. The van der Waals surface area contributed by atoms with Crippen LogP contribution in [0.2, 0.25) is 10.0 Å². The van der Waals surface area contributed by atoms with E-state index in [-0.39, 0.29) is 6.04 Å². The molecule has 3 aromatic carbocycles. The van der Waals surface area contributed by atoms with E-state index in [0.29, 0.717) is 15.8 Å². The van der Waals surface area contributed by atoms with E-state index >= 15 is 0 Å². The van der Waals surface area contributed by atoms with Crippen molar-refractivity contribution in [3.05, 3.63) is 76.8 Å². The highest BCUT2D eigenvalue weighted by Gasteiger charge is 2.18. The van der Waals surface area contributed by atoms with Crippen LogP contribution in [-0.4, -0.2) is 12.1 Å². The zero-order valence-electron chi connectivity index (χ0n) is 15.8. The van der Waals surface area contributed by atoms with Gasteiger partial charge in [0, 0.05) is 16.1 Å². The summed E-state index contributed by atoms with van der Waals surface area (Å²) in [5, 5.41) is 4.32. The van der Waals surface area contributed by atoms with Crippen molar-refractivity contribution in [3.8, 4) is 28.0 Å². The molecule has 0 heterocycles. The van der Waals surface area contributed by atoms with Crippen LogP contribution < -0.4 is 10.1 Å². The Bertz CT molecular complexity index is 931. The Morgan fingerprint density at radius 2 is 1.24 bits per heavy atom. The van der Waals surface area contributed by atoms with Crippen LogP contribution in [0.1, 0.15) is 25.7 Å². The number of rotatable bonds is 4. The topological polar surface area (TPSA) is 38.3 Å². The Labute approximate surface area is 180 Å². The molecule has 3 nitrogen and oxygen atoms in total. The highest BCUT2D eigenvalue weighted by Crippen LogP contribution is 2.33. The molecule has 1 N–H and O–H groups in total. The molecule has 0 saturated heterocycles. The van der Waals surface area contributed by atoms with E-state index < -0.39 is 6.09 Å². The Balaban J connectivity index is 1.66. The van der Waals surface area contributed by atoms with E-state index in [9.17, 15) is 4.79 Å². The second-order valence-corrected chi connectivity index (χ2v) is 8.15. The molecule has 0 bridgehead atoms. The van der Waals surface area contributed by atoms with E-state index in [2.05, 4.69) is 11.4 Å². The highest BCUT2D eigenvalue weighted by atomic mass is 35.5. The van der Waals surface area contributed by atoms with Gasteiger partial charge in [-0.05, 0) is 77.6 Å². The number of ether oxygens (including phenoxy) is 1. The average molecular weight is 426 g/mol. The summed E-state index contributed by atoms with van der Waals surface area (Å²) in [6.45, 7) is 0. The maximum Gasteiger partial charge on any atom is 0.412 e. The molecular weight excluding hydrogens is 405 g/mol. The Hall–Kier alpha value is -2.49. The van der Waals surface area contributed by atoms with Gasteiger partial charge in [-0.3, -0.25) is 0 Å². The minimum atomic E-state index is -0.410. The largest absolute Gasteiger partial charge is 0.412 e. The van der Waals surface area contributed by atoms with Gasteiger partial charge in [-0.15, -0.1) is 0 Å². The molecule has 0 unspecified atom stereocenters. The van der Waals surface area contributed by atoms with E-state index in [0.717, 1.165) is 47.9 Å². The van der Waals surface area contributed by atoms with Gasteiger partial charge >= 0.3 is 6.09 Å². The van der Waals surface area contributed by atoms with Gasteiger partial charge in [0.15, 0.2) is 0 Å². The first-order chi connectivity index (χ1) is 14.1. The molecule has 29 heavy (non-hydrogen) atoms. The summed E-state index contributed by atoms with van der Waals surface area (Å²) in [6, 6.07) is 21.2. The van der Waals surface area contributed by atoms with Crippen LogP contribution in [0.25, 0.3) is 22.3 Å². The standard InChI is InChI=1S/C24H21Cl2NO2/c25-20-9-5-16(6-10-20)18-13-19(17-7-11-21(26)12-8-17)15-23(14-18)29-24(28)27-22-3-1-2-4-22/h5-15,22H,1-4H2,(H,27,28). The van der Waals surface area contributed by atoms with Crippen molar-refractivity contribution in [1.82, 2.24) is 5.32 Å². The zero-order chi connectivity index (χ0) is 20.2. The van der Waals surface area contributed by atoms with Crippen molar-refractivity contribution in [2.75, 3.05) is 0 Å². The molecule has 0 spiro atoms. The summed E-state index contributed by atoms with van der Waals surface area (Å²) < 4.78 is 5.65. The van der Waals surface area contributed by atoms with Crippen molar-refractivity contribution in [1.29, 1.82) is 0 Å². The first-order valence-corrected chi connectivity index (χ1v) is 10.5. The van der Waals surface area contributed by atoms with Crippen LogP contribution in [0.4, 0.5) is 4.79 Å². The van der Waals surface area contributed by atoms with E-state index in [1.807, 2.05) is 60.7 Å². The van der Waals surface area contributed by atoms with Gasteiger partial charge < -0.3 is 10.1 Å². The molecule has 1 saturated carbocycles. The lowest BCUT2D eigenvalue weighted by atomic mass is 9.98. The lowest BCUT2D eigenvalue weighted by Crippen LogP contribution is -2.34. The first kappa shape index (κ1) is 19.8. The lowest BCUT2D eigenvalue weighted by molar-refractivity contribution is 0.196. The van der Waals surface area contributed by atoms with Gasteiger partial charge in [0.2, 0.25) is 0 Å². The van der Waals surface area contributed by atoms with Crippen LogP contribution in [0.5, 0.6) is 5.75 Å². The minimum absolute atomic E-state index is 0.206. The predicted molar refractivity (Wildman–Crippen MR) is 119 cm³/mol. The summed E-state index contributed by atoms with van der Waals surface area (Å²) in [5.41, 5.74) is 3.87. The van der Waals surface area contributed by atoms with E-state index in [1.54, 1.807) is 0 Å². The number of hydrogen-bond acceptors (Lipinski definition) is 2. The Kier molecular flexibility index (Phi) is 6.08. The smallest absolute Gasteiger partial charge is 0.410 e. The zero-order valence-corrected chi connectivity index (χ0v) is 17.3. The highest BCUT2D eigenvalue weighted by molar-refractivity contribution is 6.30. The van der Waals surface area contributed by atoms with Gasteiger partial charge in [-0.25, -0.2) is 4.79 Å². The summed E-state index contributed by atoms with van der Waals surface area (Å²) in [6.07, 6.45) is 3.91. The van der Waals surface area contributed by atoms with Crippen molar-refractivity contribution in [2.24, 2.45) is 0 Å².